The monoisotopic (exact) mass is 860 g/mol. The Labute approximate surface area is 303 Å². The standard InChI is InChI=1S/3C8H17O3P.2Nd/c3*1-3-5-6-8(4-2)7-11-12(9)10;;/h3*8H,3-7H2,1-2H3;;/q3*-2;2*+3. The molecule has 0 saturated heterocycles. The molecule has 0 aliphatic rings. The Bertz CT molecular complexity index is 363. The van der Waals surface area contributed by atoms with E-state index in [9.17, 15) is 29.4 Å². The zero-order chi connectivity index (χ0) is 28.2. The fourth-order valence-corrected chi connectivity index (χ4v) is 4.19. The molecule has 0 amide bonds. The Morgan fingerprint density at radius 1 is 0.447 bits per heavy atom. The van der Waals surface area contributed by atoms with Gasteiger partial charge in [0.1, 0.15) is 0 Å². The predicted octanol–water partition coefficient (Wildman–Crippen LogP) is 3.50. The molecule has 224 valence electrons. The van der Waals surface area contributed by atoms with Crippen LogP contribution in [0.5, 0.6) is 0 Å². The number of hydrogen-bond acceptors (Lipinski definition) is 9. The van der Waals surface area contributed by atoms with Crippen LogP contribution in [-0.2, 0) is 13.6 Å². The maximum atomic E-state index is 10.1. The molecular formula is C24H51Nd2O9P3. The smallest absolute Gasteiger partial charge is 0.820 e. The number of unbranched alkanes of at least 4 members (excludes halogenated alkanes) is 3. The summed E-state index contributed by atoms with van der Waals surface area (Å²) in [5.74, 6) is 1.20. The maximum Gasteiger partial charge on any atom is 3.00 e. The van der Waals surface area contributed by atoms with Crippen molar-refractivity contribution in [1.29, 1.82) is 0 Å². The molecule has 0 bridgehead atoms. The second-order valence-electron chi connectivity index (χ2n) is 8.81. The SMILES string of the molecule is CCCCC(CC)COP([O-])[O-].CCCCC(CC)COP([O-])[O-].CCCCC(CC)COP([O-])[O-].[Nd+3].[Nd+3]. The summed E-state index contributed by atoms with van der Waals surface area (Å²) < 4.78 is 13.6. The van der Waals surface area contributed by atoms with Crippen molar-refractivity contribution in [2.75, 3.05) is 19.8 Å². The van der Waals surface area contributed by atoms with Crippen molar-refractivity contribution in [1.82, 2.24) is 0 Å². The molecule has 2 radical (unpaired) electrons. The van der Waals surface area contributed by atoms with E-state index in [1.165, 1.54) is 0 Å². The topological polar surface area (TPSA) is 166 Å². The molecule has 38 heavy (non-hydrogen) atoms. The molecule has 0 N–H and O–H groups in total. The minimum atomic E-state index is -2.65. The summed E-state index contributed by atoms with van der Waals surface area (Å²) in [5, 5.41) is 0. The van der Waals surface area contributed by atoms with Crippen LogP contribution in [0.4, 0.5) is 0 Å². The first-order chi connectivity index (χ1) is 17.1. The first-order valence-electron chi connectivity index (χ1n) is 13.4. The van der Waals surface area contributed by atoms with Gasteiger partial charge in [0.05, 0.1) is 19.8 Å². The summed E-state index contributed by atoms with van der Waals surface area (Å²) >= 11 is 0. The fraction of sp³-hybridized carbons (Fsp3) is 1.00. The molecule has 3 unspecified atom stereocenters. The van der Waals surface area contributed by atoms with Crippen LogP contribution in [0, 0.1) is 99.4 Å². The van der Waals surface area contributed by atoms with Crippen molar-refractivity contribution in [2.24, 2.45) is 17.8 Å². The molecule has 0 aromatic rings. The van der Waals surface area contributed by atoms with E-state index in [0.29, 0.717) is 37.6 Å². The first-order valence-corrected chi connectivity index (χ1v) is 16.7. The van der Waals surface area contributed by atoms with Gasteiger partial charge in [0, 0.05) is 0 Å². The van der Waals surface area contributed by atoms with Crippen LogP contribution in [-0.4, -0.2) is 19.8 Å². The number of hydrogen-bond donors (Lipinski definition) is 0. The summed E-state index contributed by atoms with van der Waals surface area (Å²) in [4.78, 5) is 60.6. The minimum Gasteiger partial charge on any atom is -0.820 e. The van der Waals surface area contributed by atoms with Crippen molar-refractivity contribution in [3.63, 3.8) is 0 Å². The van der Waals surface area contributed by atoms with Gasteiger partial charge in [0.15, 0.2) is 0 Å². The molecule has 0 aromatic heterocycles. The molecule has 0 spiro atoms. The Balaban J connectivity index is -0.000000140. The molecule has 0 heterocycles. The third kappa shape index (κ3) is 44.1. The third-order valence-corrected chi connectivity index (χ3v) is 6.96. The van der Waals surface area contributed by atoms with E-state index in [4.69, 9.17) is 0 Å². The first kappa shape index (κ1) is 51.2. The largest absolute Gasteiger partial charge is 3.00 e. The average molecular weight is 865 g/mol. The molecule has 14 heteroatoms. The van der Waals surface area contributed by atoms with Crippen LogP contribution in [0.2, 0.25) is 0 Å². The molecule has 0 aliphatic carbocycles. The summed E-state index contributed by atoms with van der Waals surface area (Å²) in [5.41, 5.74) is 0. The Morgan fingerprint density at radius 2 is 0.658 bits per heavy atom. The molecule has 0 aromatic carbocycles. The van der Waals surface area contributed by atoms with E-state index in [2.05, 4.69) is 55.1 Å². The quantitative estimate of drug-likeness (QED) is 0.157. The summed E-state index contributed by atoms with van der Waals surface area (Å²) in [6.45, 7) is 13.6. The van der Waals surface area contributed by atoms with Gasteiger partial charge in [-0.15, -0.1) is 0 Å². The van der Waals surface area contributed by atoms with Crippen molar-refractivity contribution in [3.8, 4) is 0 Å². The molecular weight excluding hydrogens is 814 g/mol. The van der Waals surface area contributed by atoms with Crippen LogP contribution in [0.1, 0.15) is 119 Å². The van der Waals surface area contributed by atoms with Crippen molar-refractivity contribution < 1.29 is 125 Å². The van der Waals surface area contributed by atoms with Gasteiger partial charge in [0.2, 0.25) is 0 Å². The van der Waals surface area contributed by atoms with Crippen LogP contribution in [0.25, 0.3) is 0 Å². The summed E-state index contributed by atoms with van der Waals surface area (Å²) in [7, 11) is -7.96. The van der Waals surface area contributed by atoms with Gasteiger partial charge in [-0.3, -0.25) is 0 Å². The predicted molar refractivity (Wildman–Crippen MR) is 139 cm³/mol. The molecule has 3 atom stereocenters. The summed E-state index contributed by atoms with van der Waals surface area (Å²) in [6, 6.07) is 0. The normalized spacial score (nSPS) is 13.0. The zero-order valence-corrected chi connectivity index (χ0v) is 33.5. The Morgan fingerprint density at radius 3 is 0.789 bits per heavy atom. The van der Waals surface area contributed by atoms with Gasteiger partial charge in [-0.2, -0.15) is 25.8 Å². The van der Waals surface area contributed by atoms with Gasteiger partial charge in [-0.05, 0) is 37.0 Å². The van der Waals surface area contributed by atoms with Gasteiger partial charge in [-0.25, -0.2) is 0 Å². The number of rotatable bonds is 21. The van der Waals surface area contributed by atoms with Gasteiger partial charge in [0.25, 0.3) is 0 Å². The molecule has 0 saturated carbocycles. The molecule has 0 fully saturated rings. The Hall–Kier alpha value is 3.63. The molecule has 0 rings (SSSR count). The van der Waals surface area contributed by atoms with Gasteiger partial charge in [-0.1, -0.05) is 99.3 Å². The van der Waals surface area contributed by atoms with E-state index < -0.39 is 25.8 Å². The van der Waals surface area contributed by atoms with Crippen molar-refractivity contribution in [3.05, 3.63) is 0 Å². The van der Waals surface area contributed by atoms with Gasteiger partial charge >= 0.3 is 81.7 Å². The second kappa shape index (κ2) is 40.6. The van der Waals surface area contributed by atoms with E-state index in [1.807, 2.05) is 0 Å². The fourth-order valence-electron chi connectivity index (χ4n) is 3.19. The third-order valence-electron chi connectivity index (χ3n) is 5.88. The van der Waals surface area contributed by atoms with E-state index in [1.54, 1.807) is 0 Å². The van der Waals surface area contributed by atoms with Crippen LogP contribution in [0.15, 0.2) is 0 Å². The van der Waals surface area contributed by atoms with Crippen LogP contribution >= 0.6 is 25.8 Å². The van der Waals surface area contributed by atoms with Crippen LogP contribution < -0.4 is 29.4 Å². The van der Waals surface area contributed by atoms with Crippen molar-refractivity contribution in [2.45, 2.75) is 119 Å². The second-order valence-corrected chi connectivity index (χ2v) is 10.9. The molecule has 0 aliphatic heterocycles. The van der Waals surface area contributed by atoms with E-state index >= 15 is 0 Å². The van der Waals surface area contributed by atoms with Crippen molar-refractivity contribution >= 4 is 25.8 Å². The van der Waals surface area contributed by atoms with E-state index in [0.717, 1.165) is 77.0 Å². The molecule has 9 nitrogen and oxygen atoms in total. The minimum absolute atomic E-state index is 0. The van der Waals surface area contributed by atoms with Crippen LogP contribution in [0.3, 0.4) is 0 Å². The van der Waals surface area contributed by atoms with E-state index in [-0.39, 0.29) is 81.7 Å². The average Bonchev–Trinajstić information content (AvgIpc) is 2.85. The summed E-state index contributed by atoms with van der Waals surface area (Å²) in [6.07, 6.45) is 13.1. The Kier molecular flexibility index (Phi) is 54.8. The zero-order valence-electron chi connectivity index (χ0n) is 24.4. The maximum absolute atomic E-state index is 10.1. The van der Waals surface area contributed by atoms with Gasteiger partial charge < -0.3 is 42.9 Å².